The summed E-state index contributed by atoms with van der Waals surface area (Å²) in [6, 6.07) is 3.47. The van der Waals surface area contributed by atoms with Gasteiger partial charge in [-0.2, -0.15) is 0 Å². The standard InChI is InChI=1S/C11H14FN3O3/c12-10-1-2-11(15(16)17)9(7-10)8-13-14-3-5-18-6-4-14/h1-2,7,13H,3-6,8H2. The molecule has 1 aliphatic heterocycles. The third kappa shape index (κ3) is 3.22. The number of benzene rings is 1. The van der Waals surface area contributed by atoms with E-state index in [-0.39, 0.29) is 12.2 Å². The van der Waals surface area contributed by atoms with Crippen LogP contribution in [0, 0.1) is 15.9 Å². The Balaban J connectivity index is 2.03. The normalized spacial score (nSPS) is 16.7. The molecule has 0 radical (unpaired) electrons. The van der Waals surface area contributed by atoms with Gasteiger partial charge in [0.1, 0.15) is 5.82 Å². The van der Waals surface area contributed by atoms with Gasteiger partial charge in [-0.05, 0) is 12.1 Å². The Morgan fingerprint density at radius 3 is 2.83 bits per heavy atom. The highest BCUT2D eigenvalue weighted by Gasteiger charge is 2.16. The Morgan fingerprint density at radius 1 is 1.44 bits per heavy atom. The molecule has 6 nitrogen and oxygen atoms in total. The Morgan fingerprint density at radius 2 is 2.17 bits per heavy atom. The second-order valence-electron chi connectivity index (χ2n) is 3.96. The van der Waals surface area contributed by atoms with Crippen LogP contribution in [0.2, 0.25) is 0 Å². The lowest BCUT2D eigenvalue weighted by molar-refractivity contribution is -0.385. The van der Waals surface area contributed by atoms with Crippen molar-refractivity contribution in [2.75, 3.05) is 26.3 Å². The Kier molecular flexibility index (Phi) is 4.19. The average molecular weight is 255 g/mol. The number of rotatable bonds is 4. The van der Waals surface area contributed by atoms with Gasteiger partial charge in [0.05, 0.1) is 18.1 Å². The molecular formula is C11H14FN3O3. The largest absolute Gasteiger partial charge is 0.379 e. The summed E-state index contributed by atoms with van der Waals surface area (Å²) in [4.78, 5) is 10.3. The minimum absolute atomic E-state index is 0.0721. The van der Waals surface area contributed by atoms with E-state index in [1.807, 2.05) is 5.01 Å². The van der Waals surface area contributed by atoms with E-state index in [4.69, 9.17) is 4.74 Å². The average Bonchev–Trinajstić information content (AvgIpc) is 2.37. The van der Waals surface area contributed by atoms with E-state index in [1.165, 1.54) is 12.1 Å². The van der Waals surface area contributed by atoms with E-state index in [9.17, 15) is 14.5 Å². The molecule has 1 N–H and O–H groups in total. The van der Waals surface area contributed by atoms with Crippen LogP contribution in [0.15, 0.2) is 18.2 Å². The molecule has 1 aromatic rings. The van der Waals surface area contributed by atoms with E-state index in [0.717, 1.165) is 6.07 Å². The van der Waals surface area contributed by atoms with Gasteiger partial charge in [-0.25, -0.2) is 9.40 Å². The van der Waals surface area contributed by atoms with Gasteiger partial charge < -0.3 is 4.74 Å². The third-order valence-corrected chi connectivity index (χ3v) is 2.74. The summed E-state index contributed by atoms with van der Waals surface area (Å²) in [5.74, 6) is -0.473. The van der Waals surface area contributed by atoms with Crippen LogP contribution in [0.4, 0.5) is 10.1 Å². The van der Waals surface area contributed by atoms with Crippen LogP contribution in [-0.2, 0) is 11.3 Å². The van der Waals surface area contributed by atoms with Gasteiger partial charge in [-0.15, -0.1) is 0 Å². The first-order chi connectivity index (χ1) is 8.66. The van der Waals surface area contributed by atoms with E-state index < -0.39 is 10.7 Å². The second kappa shape index (κ2) is 5.85. The topological polar surface area (TPSA) is 67.6 Å². The molecule has 0 unspecified atom stereocenters. The predicted octanol–water partition coefficient (Wildman–Crippen LogP) is 1.07. The first-order valence-electron chi connectivity index (χ1n) is 5.66. The molecule has 0 amide bonds. The summed E-state index contributed by atoms with van der Waals surface area (Å²) in [6.45, 7) is 2.90. The molecule has 1 fully saturated rings. The number of nitro groups is 1. The number of nitrogens with one attached hydrogen (secondary N) is 1. The van der Waals surface area contributed by atoms with E-state index in [1.54, 1.807) is 0 Å². The quantitative estimate of drug-likeness (QED) is 0.644. The fourth-order valence-corrected chi connectivity index (χ4v) is 1.79. The van der Waals surface area contributed by atoms with Gasteiger partial charge in [0, 0.05) is 31.3 Å². The molecule has 0 aromatic heterocycles. The van der Waals surface area contributed by atoms with Crippen LogP contribution in [0.1, 0.15) is 5.56 Å². The van der Waals surface area contributed by atoms with Crippen molar-refractivity contribution in [3.63, 3.8) is 0 Å². The molecule has 1 aromatic carbocycles. The summed E-state index contributed by atoms with van der Waals surface area (Å²) < 4.78 is 18.3. The lowest BCUT2D eigenvalue weighted by atomic mass is 10.2. The molecule has 2 rings (SSSR count). The van der Waals surface area contributed by atoms with Crippen LogP contribution >= 0.6 is 0 Å². The highest BCUT2D eigenvalue weighted by Crippen LogP contribution is 2.19. The number of hydrogen-bond acceptors (Lipinski definition) is 5. The lowest BCUT2D eigenvalue weighted by Gasteiger charge is -2.27. The van der Waals surface area contributed by atoms with Gasteiger partial charge in [0.15, 0.2) is 0 Å². The van der Waals surface area contributed by atoms with Gasteiger partial charge in [0.2, 0.25) is 0 Å². The maximum atomic E-state index is 13.1. The van der Waals surface area contributed by atoms with E-state index in [0.29, 0.717) is 31.9 Å². The summed E-state index contributed by atoms with van der Waals surface area (Å²) in [5, 5.41) is 12.7. The van der Waals surface area contributed by atoms with Crippen molar-refractivity contribution in [3.8, 4) is 0 Å². The summed E-state index contributed by atoms with van der Waals surface area (Å²) in [6.07, 6.45) is 0. The molecule has 0 aliphatic carbocycles. The lowest BCUT2D eigenvalue weighted by Crippen LogP contribution is -2.45. The van der Waals surface area contributed by atoms with Crippen LogP contribution in [0.3, 0.4) is 0 Å². The van der Waals surface area contributed by atoms with Crippen molar-refractivity contribution < 1.29 is 14.1 Å². The molecule has 1 saturated heterocycles. The zero-order valence-electron chi connectivity index (χ0n) is 9.76. The molecule has 7 heteroatoms. The van der Waals surface area contributed by atoms with Crippen molar-refractivity contribution in [1.29, 1.82) is 0 Å². The number of morpholine rings is 1. The number of halogens is 1. The van der Waals surface area contributed by atoms with Gasteiger partial charge in [-0.1, -0.05) is 0 Å². The highest BCUT2D eigenvalue weighted by molar-refractivity contribution is 5.40. The fourth-order valence-electron chi connectivity index (χ4n) is 1.79. The van der Waals surface area contributed by atoms with Crippen molar-refractivity contribution in [2.24, 2.45) is 0 Å². The Hall–Kier alpha value is -1.57. The number of ether oxygens (including phenoxy) is 1. The number of hydrazine groups is 1. The molecule has 98 valence electrons. The smallest absolute Gasteiger partial charge is 0.274 e. The summed E-state index contributed by atoms with van der Waals surface area (Å²) in [7, 11) is 0. The van der Waals surface area contributed by atoms with Crippen LogP contribution < -0.4 is 5.43 Å². The van der Waals surface area contributed by atoms with E-state index >= 15 is 0 Å². The number of hydrogen-bond donors (Lipinski definition) is 1. The zero-order valence-corrected chi connectivity index (χ0v) is 9.76. The van der Waals surface area contributed by atoms with Crippen molar-refractivity contribution >= 4 is 5.69 Å². The zero-order chi connectivity index (χ0) is 13.0. The van der Waals surface area contributed by atoms with Crippen LogP contribution in [0.5, 0.6) is 0 Å². The fraction of sp³-hybridized carbons (Fsp3) is 0.455. The monoisotopic (exact) mass is 255 g/mol. The molecule has 0 spiro atoms. The first-order valence-corrected chi connectivity index (χ1v) is 5.66. The third-order valence-electron chi connectivity index (χ3n) is 2.74. The number of nitrogens with zero attached hydrogens (tertiary/aromatic N) is 2. The van der Waals surface area contributed by atoms with E-state index in [2.05, 4.69) is 5.43 Å². The maximum absolute atomic E-state index is 13.1. The molecule has 1 aliphatic rings. The van der Waals surface area contributed by atoms with Crippen LogP contribution in [0.25, 0.3) is 0 Å². The molecule has 18 heavy (non-hydrogen) atoms. The molecule has 0 saturated carbocycles. The minimum atomic E-state index is -0.504. The summed E-state index contributed by atoms with van der Waals surface area (Å²) in [5.41, 5.74) is 3.31. The predicted molar refractivity (Wildman–Crippen MR) is 62.3 cm³/mol. The molecule has 1 heterocycles. The second-order valence-corrected chi connectivity index (χ2v) is 3.96. The van der Waals surface area contributed by atoms with Crippen LogP contribution in [-0.4, -0.2) is 36.2 Å². The Labute approximate surface area is 103 Å². The summed E-state index contributed by atoms with van der Waals surface area (Å²) >= 11 is 0. The SMILES string of the molecule is O=[N+]([O-])c1ccc(F)cc1CNN1CCOCC1. The first kappa shape index (κ1) is 12.9. The minimum Gasteiger partial charge on any atom is -0.379 e. The maximum Gasteiger partial charge on any atom is 0.274 e. The molecular weight excluding hydrogens is 241 g/mol. The van der Waals surface area contributed by atoms with Gasteiger partial charge in [-0.3, -0.25) is 15.5 Å². The Bertz CT molecular complexity index is 436. The van der Waals surface area contributed by atoms with Crippen molar-refractivity contribution in [1.82, 2.24) is 10.4 Å². The number of nitro benzene ring substituents is 1. The highest BCUT2D eigenvalue weighted by atomic mass is 19.1. The molecule has 0 bridgehead atoms. The molecule has 0 atom stereocenters. The van der Waals surface area contributed by atoms with Gasteiger partial charge in [0.25, 0.3) is 5.69 Å². The van der Waals surface area contributed by atoms with Crippen molar-refractivity contribution in [3.05, 3.63) is 39.7 Å². The van der Waals surface area contributed by atoms with Gasteiger partial charge >= 0.3 is 0 Å². The van der Waals surface area contributed by atoms with Crippen molar-refractivity contribution in [2.45, 2.75) is 6.54 Å².